The lowest BCUT2D eigenvalue weighted by atomic mass is 10.1. The third kappa shape index (κ3) is 7.19. The molecule has 3 rings (SSSR count). The van der Waals surface area contributed by atoms with Crippen LogP contribution in [0.4, 0.5) is 5.69 Å². The fraction of sp³-hybridized carbons (Fsp3) is 0.391. The molecule has 1 aliphatic rings. The number of benzene rings is 2. The minimum absolute atomic E-state index is 0. The highest BCUT2D eigenvalue weighted by Gasteiger charge is 2.22. The molecule has 7 heteroatoms. The molecule has 0 bridgehead atoms. The predicted molar refractivity (Wildman–Crippen MR) is 133 cm³/mol. The second-order valence-electron chi connectivity index (χ2n) is 7.13. The quantitative estimate of drug-likeness (QED) is 0.277. The van der Waals surface area contributed by atoms with Gasteiger partial charge < -0.3 is 20.7 Å². The molecule has 3 N–H and O–H groups in total. The van der Waals surface area contributed by atoms with Gasteiger partial charge in [-0.1, -0.05) is 37.3 Å². The Kier molecular flexibility index (Phi) is 9.93. The molecule has 1 unspecified atom stereocenters. The zero-order chi connectivity index (χ0) is 20.5. The standard InChI is InChI=1S/C23H30N4O2.HI/c1-3-8-22(28)27-19-11-7-9-17(13-19)15-25-23(24-4-2)26-16-20-14-18-10-5-6-12-21(18)29-20;/h5-7,9-13,20H,3-4,8,14-16H2,1-2H3,(H,27,28)(H2,24,25,26);1H. The molecule has 1 heterocycles. The highest BCUT2D eigenvalue weighted by atomic mass is 127. The lowest BCUT2D eigenvalue weighted by Crippen LogP contribution is -2.42. The van der Waals surface area contributed by atoms with Crippen molar-refractivity contribution in [2.45, 2.75) is 45.8 Å². The van der Waals surface area contributed by atoms with Crippen LogP contribution in [0.1, 0.15) is 37.8 Å². The maximum absolute atomic E-state index is 11.8. The van der Waals surface area contributed by atoms with E-state index in [0.29, 0.717) is 19.5 Å². The number of hydrogen-bond donors (Lipinski definition) is 3. The van der Waals surface area contributed by atoms with E-state index in [0.717, 1.165) is 42.3 Å². The first-order chi connectivity index (χ1) is 14.2. The van der Waals surface area contributed by atoms with Crippen LogP contribution in [0.5, 0.6) is 5.75 Å². The summed E-state index contributed by atoms with van der Waals surface area (Å²) in [6.07, 6.45) is 2.38. The van der Waals surface area contributed by atoms with E-state index < -0.39 is 0 Å². The second kappa shape index (κ2) is 12.4. The Balaban J connectivity index is 0.00000320. The minimum Gasteiger partial charge on any atom is -0.488 e. The summed E-state index contributed by atoms with van der Waals surface area (Å²) in [5, 5.41) is 9.58. The maximum atomic E-state index is 11.8. The maximum Gasteiger partial charge on any atom is 0.224 e. The topological polar surface area (TPSA) is 74.8 Å². The summed E-state index contributed by atoms with van der Waals surface area (Å²) >= 11 is 0. The Morgan fingerprint density at radius 3 is 2.73 bits per heavy atom. The van der Waals surface area contributed by atoms with Crippen molar-refractivity contribution in [2.75, 3.05) is 18.4 Å². The van der Waals surface area contributed by atoms with Crippen LogP contribution in [0, 0.1) is 0 Å². The molecule has 0 spiro atoms. The molecule has 1 aliphatic heterocycles. The largest absolute Gasteiger partial charge is 0.488 e. The van der Waals surface area contributed by atoms with Crippen molar-refractivity contribution < 1.29 is 9.53 Å². The Bertz CT molecular complexity index is 832. The van der Waals surface area contributed by atoms with Crippen molar-refractivity contribution in [3.63, 3.8) is 0 Å². The third-order valence-corrected chi connectivity index (χ3v) is 4.66. The predicted octanol–water partition coefficient (Wildman–Crippen LogP) is 4.10. The lowest BCUT2D eigenvalue weighted by molar-refractivity contribution is -0.116. The van der Waals surface area contributed by atoms with Crippen molar-refractivity contribution in [1.29, 1.82) is 0 Å². The third-order valence-electron chi connectivity index (χ3n) is 4.66. The summed E-state index contributed by atoms with van der Waals surface area (Å²) in [6.45, 7) is 6.04. The van der Waals surface area contributed by atoms with E-state index in [1.807, 2.05) is 56.3 Å². The summed E-state index contributed by atoms with van der Waals surface area (Å²) in [6, 6.07) is 16.0. The molecule has 0 fully saturated rings. The molecule has 6 nitrogen and oxygen atoms in total. The first-order valence-electron chi connectivity index (χ1n) is 10.3. The molecule has 1 amide bonds. The van der Waals surface area contributed by atoms with Crippen molar-refractivity contribution in [1.82, 2.24) is 10.6 Å². The van der Waals surface area contributed by atoms with Crippen LogP contribution in [-0.4, -0.2) is 31.1 Å². The zero-order valence-electron chi connectivity index (χ0n) is 17.6. The number of anilines is 1. The Labute approximate surface area is 195 Å². The minimum atomic E-state index is 0. The molecule has 30 heavy (non-hydrogen) atoms. The molecule has 2 aromatic rings. The van der Waals surface area contributed by atoms with E-state index in [9.17, 15) is 4.79 Å². The summed E-state index contributed by atoms with van der Waals surface area (Å²) in [4.78, 5) is 16.5. The van der Waals surface area contributed by atoms with Gasteiger partial charge in [0.05, 0.1) is 13.1 Å². The number of amides is 1. The van der Waals surface area contributed by atoms with Gasteiger partial charge in [0.25, 0.3) is 0 Å². The average Bonchev–Trinajstić information content (AvgIpc) is 3.13. The molecule has 0 radical (unpaired) electrons. The Morgan fingerprint density at radius 2 is 1.97 bits per heavy atom. The Morgan fingerprint density at radius 1 is 1.13 bits per heavy atom. The molecular formula is C23H31IN4O2. The molecule has 2 aromatic carbocycles. The van der Waals surface area contributed by atoms with E-state index in [1.54, 1.807) is 0 Å². The summed E-state index contributed by atoms with van der Waals surface area (Å²) < 4.78 is 5.99. The fourth-order valence-electron chi connectivity index (χ4n) is 3.29. The van der Waals surface area contributed by atoms with Crippen molar-refractivity contribution in [2.24, 2.45) is 4.99 Å². The van der Waals surface area contributed by atoms with Gasteiger partial charge in [-0.3, -0.25) is 4.79 Å². The van der Waals surface area contributed by atoms with E-state index in [1.165, 1.54) is 5.56 Å². The van der Waals surface area contributed by atoms with Crippen LogP contribution in [0.25, 0.3) is 0 Å². The highest BCUT2D eigenvalue weighted by molar-refractivity contribution is 14.0. The number of aliphatic imine (C=N–C) groups is 1. The number of rotatable bonds is 8. The number of hydrogen-bond acceptors (Lipinski definition) is 3. The van der Waals surface area contributed by atoms with Gasteiger partial charge in [-0.25, -0.2) is 4.99 Å². The highest BCUT2D eigenvalue weighted by Crippen LogP contribution is 2.27. The number of halogens is 1. The number of fused-ring (bicyclic) bond motifs is 1. The van der Waals surface area contributed by atoms with Gasteiger partial charge in [0.1, 0.15) is 11.9 Å². The van der Waals surface area contributed by atoms with Gasteiger partial charge in [0.15, 0.2) is 5.96 Å². The molecule has 0 saturated heterocycles. The van der Waals surface area contributed by atoms with Crippen LogP contribution in [-0.2, 0) is 17.8 Å². The van der Waals surface area contributed by atoms with Crippen molar-refractivity contribution >= 4 is 41.5 Å². The number of guanidine groups is 1. The monoisotopic (exact) mass is 522 g/mol. The molecule has 0 saturated carbocycles. The number of ether oxygens (including phenoxy) is 1. The molecule has 0 aliphatic carbocycles. The molecule has 1 atom stereocenters. The van der Waals surface area contributed by atoms with Crippen LogP contribution < -0.4 is 20.7 Å². The van der Waals surface area contributed by atoms with E-state index >= 15 is 0 Å². The number of para-hydroxylation sites is 1. The molecular weight excluding hydrogens is 491 g/mol. The zero-order valence-corrected chi connectivity index (χ0v) is 19.9. The summed E-state index contributed by atoms with van der Waals surface area (Å²) in [5.41, 5.74) is 3.11. The average molecular weight is 522 g/mol. The number of nitrogens with zero attached hydrogens (tertiary/aromatic N) is 1. The van der Waals surface area contributed by atoms with Crippen molar-refractivity contribution in [3.05, 3.63) is 59.7 Å². The van der Waals surface area contributed by atoms with Crippen molar-refractivity contribution in [3.8, 4) is 5.75 Å². The van der Waals surface area contributed by atoms with Gasteiger partial charge in [-0.05, 0) is 42.7 Å². The fourth-order valence-corrected chi connectivity index (χ4v) is 3.29. The van der Waals surface area contributed by atoms with E-state index in [-0.39, 0.29) is 36.0 Å². The normalized spacial score (nSPS) is 14.9. The van der Waals surface area contributed by atoms with Crippen LogP contribution >= 0.6 is 24.0 Å². The van der Waals surface area contributed by atoms with Gasteiger partial charge in [-0.2, -0.15) is 0 Å². The van der Waals surface area contributed by atoms with Crippen LogP contribution in [0.15, 0.2) is 53.5 Å². The van der Waals surface area contributed by atoms with E-state index in [4.69, 9.17) is 4.74 Å². The van der Waals surface area contributed by atoms with Gasteiger partial charge in [-0.15, -0.1) is 24.0 Å². The summed E-state index contributed by atoms with van der Waals surface area (Å²) in [5.74, 6) is 1.77. The number of carbonyl (C=O) groups is 1. The molecule has 0 aromatic heterocycles. The van der Waals surface area contributed by atoms with Gasteiger partial charge in [0, 0.05) is 25.1 Å². The SMILES string of the molecule is CCCC(=O)Nc1cccc(CN=C(NCC)NCC2Cc3ccccc3O2)c1.I. The Hall–Kier alpha value is -2.29. The molecule has 162 valence electrons. The van der Waals surface area contributed by atoms with Gasteiger partial charge >= 0.3 is 0 Å². The van der Waals surface area contributed by atoms with Crippen LogP contribution in [0.3, 0.4) is 0 Å². The lowest BCUT2D eigenvalue weighted by Gasteiger charge is -2.15. The first-order valence-corrected chi connectivity index (χ1v) is 10.3. The van der Waals surface area contributed by atoms with Gasteiger partial charge in [0.2, 0.25) is 5.91 Å². The number of nitrogens with one attached hydrogen (secondary N) is 3. The van der Waals surface area contributed by atoms with Crippen LogP contribution in [0.2, 0.25) is 0 Å². The first kappa shape index (κ1) is 24.0. The van der Waals surface area contributed by atoms with E-state index in [2.05, 4.69) is 27.0 Å². The number of carbonyl (C=O) groups excluding carboxylic acids is 1. The summed E-state index contributed by atoms with van der Waals surface area (Å²) in [7, 11) is 0. The second-order valence-corrected chi connectivity index (χ2v) is 7.13. The smallest absolute Gasteiger partial charge is 0.224 e.